The summed E-state index contributed by atoms with van der Waals surface area (Å²) in [5, 5.41) is 27.4. The first kappa shape index (κ1) is 17.7. The fraction of sp³-hybridized carbons (Fsp3) is 0. The zero-order valence-electron chi connectivity index (χ0n) is 14.1. The Morgan fingerprint density at radius 3 is 1.67 bits per heavy atom. The molecule has 0 atom stereocenters. The van der Waals surface area contributed by atoms with E-state index in [1.54, 1.807) is 54.6 Å². The summed E-state index contributed by atoms with van der Waals surface area (Å²) in [5.74, 6) is 0.944. The number of hydrogen-bond acceptors (Lipinski definition) is 9. The quantitative estimate of drug-likeness (QED) is 0.334. The number of rotatable bonds is 6. The summed E-state index contributed by atoms with van der Waals surface area (Å²) in [6.07, 6.45) is 2.91. The van der Waals surface area contributed by atoms with Gasteiger partial charge in [0.1, 0.15) is 11.5 Å². The second-order valence-corrected chi connectivity index (χ2v) is 5.35. The number of phenolic OH excluding ortho intramolecular Hbond substituents is 2. The number of hydrogen-bond donors (Lipinski definition) is 5. The van der Waals surface area contributed by atoms with Crippen LogP contribution in [0.1, 0.15) is 11.1 Å². The fourth-order valence-corrected chi connectivity index (χ4v) is 2.11. The molecule has 3 aromatic rings. The second kappa shape index (κ2) is 8.30. The monoisotopic (exact) mass is 363 g/mol. The van der Waals surface area contributed by atoms with Crippen LogP contribution in [-0.2, 0) is 0 Å². The molecular weight excluding hydrogens is 346 g/mol. The number of nitrogens with zero attached hydrogens (tertiary/aromatic N) is 4. The Labute approximate surface area is 154 Å². The zero-order valence-corrected chi connectivity index (χ0v) is 14.1. The van der Waals surface area contributed by atoms with Gasteiger partial charge in [-0.25, -0.2) is 0 Å². The Morgan fingerprint density at radius 1 is 0.778 bits per heavy atom. The Hall–Kier alpha value is -4.14. The number of nitrogens with one attached hydrogen (secondary N) is 2. The minimum atomic E-state index is 0.0259. The predicted octanol–water partition coefficient (Wildman–Crippen LogP) is 2.36. The van der Waals surface area contributed by atoms with Crippen LogP contribution in [-0.4, -0.2) is 32.6 Å². The largest absolute Gasteiger partial charge is 0.507 e. The molecule has 0 spiro atoms. The third-order valence-electron chi connectivity index (χ3n) is 3.38. The molecule has 27 heavy (non-hydrogen) atoms. The number of anilines is 3. The summed E-state index contributed by atoms with van der Waals surface area (Å²) in [6.45, 7) is 0. The highest BCUT2D eigenvalue weighted by molar-refractivity contribution is 5.84. The first-order valence-electron chi connectivity index (χ1n) is 7.90. The molecule has 9 nitrogen and oxygen atoms in total. The summed E-state index contributed by atoms with van der Waals surface area (Å²) >= 11 is 0. The van der Waals surface area contributed by atoms with Crippen molar-refractivity contribution in [2.45, 2.75) is 0 Å². The van der Waals surface area contributed by atoms with Gasteiger partial charge in [-0.2, -0.15) is 20.2 Å². The van der Waals surface area contributed by atoms with Gasteiger partial charge in [-0.15, -0.1) is 0 Å². The number of para-hydroxylation sites is 2. The van der Waals surface area contributed by atoms with Crippen molar-refractivity contribution in [2.24, 2.45) is 10.2 Å². The maximum atomic E-state index is 9.70. The lowest BCUT2D eigenvalue weighted by molar-refractivity contribution is 0.474. The maximum absolute atomic E-state index is 9.70. The van der Waals surface area contributed by atoms with Gasteiger partial charge in [-0.1, -0.05) is 24.3 Å². The zero-order chi connectivity index (χ0) is 19.1. The number of nitrogens with two attached hydrogens (primary N) is 1. The molecule has 0 fully saturated rings. The third-order valence-corrected chi connectivity index (χ3v) is 3.38. The summed E-state index contributed by atoms with van der Waals surface area (Å²) in [6, 6.07) is 15.1. The van der Waals surface area contributed by atoms with Crippen molar-refractivity contribution in [2.75, 3.05) is 16.6 Å². The van der Waals surface area contributed by atoms with E-state index in [1.165, 1.54) is 12.4 Å². The molecule has 0 aliphatic rings. The third kappa shape index (κ3) is 4.92. The van der Waals surface area contributed by atoms with Gasteiger partial charge >= 0.3 is 0 Å². The van der Waals surface area contributed by atoms with E-state index >= 15 is 0 Å². The number of hydrazone groups is 2. The molecule has 2 aromatic carbocycles. The van der Waals surface area contributed by atoms with Crippen molar-refractivity contribution in [3.63, 3.8) is 0 Å². The Morgan fingerprint density at radius 2 is 1.22 bits per heavy atom. The van der Waals surface area contributed by atoms with Gasteiger partial charge < -0.3 is 15.9 Å². The molecule has 6 N–H and O–H groups in total. The molecule has 0 amide bonds. The van der Waals surface area contributed by atoms with Crippen molar-refractivity contribution >= 4 is 30.0 Å². The number of nitrogen functional groups attached to an aromatic ring is 1. The van der Waals surface area contributed by atoms with Gasteiger partial charge in [-0.3, -0.25) is 10.9 Å². The average Bonchev–Trinajstić information content (AvgIpc) is 2.64. The molecule has 3 rings (SSSR count). The van der Waals surface area contributed by atoms with E-state index in [0.717, 1.165) is 0 Å². The van der Waals surface area contributed by atoms with Crippen molar-refractivity contribution in [1.29, 1.82) is 0 Å². The van der Waals surface area contributed by atoms with Gasteiger partial charge in [-0.05, 0) is 24.3 Å². The topological polar surface area (TPSA) is 141 Å². The van der Waals surface area contributed by atoms with Gasteiger partial charge in [0.15, 0.2) is 11.6 Å². The van der Waals surface area contributed by atoms with Gasteiger partial charge in [0.2, 0.25) is 5.95 Å². The van der Waals surface area contributed by atoms with Crippen LogP contribution in [0.5, 0.6) is 11.5 Å². The van der Waals surface area contributed by atoms with Crippen LogP contribution in [0.25, 0.3) is 0 Å². The van der Waals surface area contributed by atoms with Crippen molar-refractivity contribution in [3.05, 3.63) is 65.7 Å². The van der Waals surface area contributed by atoms with E-state index < -0.39 is 0 Å². The summed E-state index contributed by atoms with van der Waals surface area (Å²) < 4.78 is 0. The predicted molar refractivity (Wildman–Crippen MR) is 105 cm³/mol. The molecule has 9 heteroatoms. The van der Waals surface area contributed by atoms with E-state index in [1.807, 2.05) is 0 Å². The van der Waals surface area contributed by atoms with Gasteiger partial charge in [0.05, 0.1) is 12.4 Å². The van der Waals surface area contributed by atoms with Gasteiger partial charge in [0, 0.05) is 17.2 Å². The molecule has 136 valence electrons. The summed E-state index contributed by atoms with van der Waals surface area (Å²) in [4.78, 5) is 8.03. The normalized spacial score (nSPS) is 11.1. The van der Waals surface area contributed by atoms with Crippen LogP contribution in [0.2, 0.25) is 0 Å². The minimum Gasteiger partial charge on any atom is -0.507 e. The van der Waals surface area contributed by atoms with E-state index in [4.69, 9.17) is 5.73 Å². The number of phenols is 2. The van der Waals surface area contributed by atoms with Crippen LogP contribution >= 0.6 is 0 Å². The lowest BCUT2D eigenvalue weighted by Crippen LogP contribution is -2.03. The maximum Gasteiger partial charge on any atom is 0.224 e. The van der Waals surface area contributed by atoms with Crippen LogP contribution in [0.15, 0.2) is 64.8 Å². The molecule has 1 heterocycles. The lowest BCUT2D eigenvalue weighted by atomic mass is 10.2. The Bertz CT molecular complexity index is 913. The van der Waals surface area contributed by atoms with Crippen LogP contribution < -0.4 is 16.6 Å². The highest BCUT2D eigenvalue weighted by Gasteiger charge is 2.02. The van der Waals surface area contributed by atoms with Crippen LogP contribution in [0.3, 0.4) is 0 Å². The smallest absolute Gasteiger partial charge is 0.224 e. The Kier molecular flexibility index (Phi) is 5.43. The van der Waals surface area contributed by atoms with Gasteiger partial charge in [0.25, 0.3) is 0 Å². The van der Waals surface area contributed by atoms with E-state index in [9.17, 15) is 10.2 Å². The molecular formula is C18H17N7O2. The number of benzene rings is 2. The molecule has 0 aliphatic heterocycles. The first-order valence-corrected chi connectivity index (χ1v) is 7.90. The van der Waals surface area contributed by atoms with Crippen molar-refractivity contribution < 1.29 is 10.2 Å². The second-order valence-electron chi connectivity index (χ2n) is 5.35. The molecule has 1 aromatic heterocycles. The van der Waals surface area contributed by atoms with E-state index in [0.29, 0.717) is 22.8 Å². The summed E-state index contributed by atoms with van der Waals surface area (Å²) in [5.41, 5.74) is 12.2. The fourth-order valence-electron chi connectivity index (χ4n) is 2.11. The molecule has 0 radical (unpaired) electrons. The Balaban J connectivity index is 1.67. The minimum absolute atomic E-state index is 0.0259. The molecule has 0 saturated heterocycles. The SMILES string of the molecule is Nc1nc(NN=Cc2ccccc2O)cc(NN=Cc2ccccc2O)n1. The summed E-state index contributed by atoms with van der Waals surface area (Å²) in [7, 11) is 0. The first-order chi connectivity index (χ1) is 13.1. The molecule has 0 aliphatic carbocycles. The van der Waals surface area contributed by atoms with E-state index in [2.05, 4.69) is 31.0 Å². The van der Waals surface area contributed by atoms with E-state index in [-0.39, 0.29) is 17.4 Å². The molecule has 0 bridgehead atoms. The van der Waals surface area contributed by atoms with Crippen molar-refractivity contribution in [3.8, 4) is 11.5 Å². The standard InChI is InChI=1S/C18H17N7O2/c19-18-22-16(24-20-10-12-5-1-3-7-14(12)26)9-17(23-18)25-21-11-13-6-2-4-8-15(13)27/h1-11,26-27H,(H4,19,22,23,24,25). The molecule has 0 unspecified atom stereocenters. The van der Waals surface area contributed by atoms with Crippen LogP contribution in [0.4, 0.5) is 17.6 Å². The highest BCUT2D eigenvalue weighted by Crippen LogP contribution is 2.16. The molecule has 0 saturated carbocycles. The van der Waals surface area contributed by atoms with Crippen molar-refractivity contribution in [1.82, 2.24) is 9.97 Å². The lowest BCUT2D eigenvalue weighted by Gasteiger charge is -2.05. The average molecular weight is 363 g/mol. The van der Waals surface area contributed by atoms with Crippen LogP contribution in [0, 0.1) is 0 Å². The number of aromatic hydroxyl groups is 2. The highest BCUT2D eigenvalue weighted by atomic mass is 16.3. The number of aromatic nitrogens is 2.